The molecule has 0 unspecified atom stereocenters. The van der Waals surface area contributed by atoms with E-state index in [0.717, 1.165) is 0 Å². The molecular formula is C9H8BrF4N. The van der Waals surface area contributed by atoms with Crippen LogP contribution in [0.2, 0.25) is 0 Å². The number of rotatable bonds is 1. The maximum Gasteiger partial charge on any atom is 0.176 e. The van der Waals surface area contributed by atoms with Gasteiger partial charge >= 0.3 is 0 Å². The molecule has 0 fully saturated rings. The van der Waals surface area contributed by atoms with Gasteiger partial charge in [-0.3, -0.25) is 0 Å². The molecule has 0 saturated heterocycles. The fourth-order valence-electron chi connectivity index (χ4n) is 1.17. The molecule has 1 rings (SSSR count). The molecule has 0 atom stereocenters. The number of halogens is 5. The SMILES string of the molecule is CC(C)(N)c1c(F)c(F)c(Br)c(F)c1F. The molecule has 0 aromatic heterocycles. The maximum absolute atomic E-state index is 13.3. The van der Waals surface area contributed by atoms with Gasteiger partial charge in [-0.2, -0.15) is 0 Å². The summed E-state index contributed by atoms with van der Waals surface area (Å²) < 4.78 is 51.9. The number of benzene rings is 1. The molecule has 0 aliphatic carbocycles. The summed E-state index contributed by atoms with van der Waals surface area (Å²) in [6.07, 6.45) is 0. The zero-order valence-electron chi connectivity index (χ0n) is 7.97. The van der Waals surface area contributed by atoms with Crippen LogP contribution in [0.4, 0.5) is 17.6 Å². The molecule has 84 valence electrons. The van der Waals surface area contributed by atoms with Crippen LogP contribution in [0.15, 0.2) is 4.47 Å². The molecule has 0 amide bonds. The van der Waals surface area contributed by atoms with Gasteiger partial charge in [0.25, 0.3) is 0 Å². The lowest BCUT2D eigenvalue weighted by molar-refractivity contribution is 0.392. The van der Waals surface area contributed by atoms with Gasteiger partial charge in [0.2, 0.25) is 0 Å². The zero-order chi connectivity index (χ0) is 12.0. The quantitative estimate of drug-likeness (QED) is 0.479. The minimum atomic E-state index is -1.50. The Morgan fingerprint density at radius 2 is 1.27 bits per heavy atom. The van der Waals surface area contributed by atoms with Crippen molar-refractivity contribution in [1.82, 2.24) is 0 Å². The van der Waals surface area contributed by atoms with Crippen LogP contribution in [0.5, 0.6) is 0 Å². The lowest BCUT2D eigenvalue weighted by Crippen LogP contribution is -2.32. The second kappa shape index (κ2) is 3.75. The Morgan fingerprint density at radius 1 is 0.933 bits per heavy atom. The average molecular weight is 286 g/mol. The lowest BCUT2D eigenvalue weighted by Gasteiger charge is -2.21. The van der Waals surface area contributed by atoms with Crippen LogP contribution in [-0.2, 0) is 5.54 Å². The summed E-state index contributed by atoms with van der Waals surface area (Å²) in [6, 6.07) is 0. The van der Waals surface area contributed by atoms with Crippen LogP contribution < -0.4 is 5.73 Å². The van der Waals surface area contributed by atoms with Gasteiger partial charge < -0.3 is 5.73 Å². The fourth-order valence-corrected chi connectivity index (χ4v) is 1.52. The van der Waals surface area contributed by atoms with Crippen LogP contribution in [0.3, 0.4) is 0 Å². The van der Waals surface area contributed by atoms with Crippen molar-refractivity contribution >= 4 is 15.9 Å². The monoisotopic (exact) mass is 285 g/mol. The Balaban J connectivity index is 3.68. The third-order valence-electron chi connectivity index (χ3n) is 1.85. The molecule has 0 aliphatic rings. The first-order valence-electron chi connectivity index (χ1n) is 3.98. The van der Waals surface area contributed by atoms with E-state index in [4.69, 9.17) is 5.73 Å². The summed E-state index contributed by atoms with van der Waals surface area (Å²) >= 11 is 2.41. The van der Waals surface area contributed by atoms with E-state index in [-0.39, 0.29) is 0 Å². The third kappa shape index (κ3) is 2.01. The molecule has 6 heteroatoms. The highest BCUT2D eigenvalue weighted by molar-refractivity contribution is 9.10. The molecule has 0 saturated carbocycles. The lowest BCUT2D eigenvalue weighted by atomic mass is 9.94. The van der Waals surface area contributed by atoms with E-state index >= 15 is 0 Å². The molecule has 1 nitrogen and oxygen atoms in total. The summed E-state index contributed by atoms with van der Waals surface area (Å²) in [7, 11) is 0. The van der Waals surface area contributed by atoms with E-state index in [0.29, 0.717) is 0 Å². The summed E-state index contributed by atoms with van der Waals surface area (Å²) in [5.41, 5.74) is 3.11. The molecular weight excluding hydrogens is 278 g/mol. The van der Waals surface area contributed by atoms with Crippen molar-refractivity contribution in [3.8, 4) is 0 Å². The second-order valence-corrected chi connectivity index (χ2v) is 4.46. The van der Waals surface area contributed by atoms with E-state index in [9.17, 15) is 17.6 Å². The van der Waals surface area contributed by atoms with E-state index in [2.05, 4.69) is 15.9 Å². The Bertz CT molecular complexity index is 383. The molecule has 0 spiro atoms. The van der Waals surface area contributed by atoms with Gasteiger partial charge in [0, 0.05) is 11.1 Å². The van der Waals surface area contributed by atoms with Crippen LogP contribution >= 0.6 is 15.9 Å². The number of hydrogen-bond donors (Lipinski definition) is 1. The zero-order valence-corrected chi connectivity index (χ0v) is 9.55. The van der Waals surface area contributed by atoms with E-state index in [1.165, 1.54) is 13.8 Å². The highest BCUT2D eigenvalue weighted by Crippen LogP contribution is 2.32. The maximum atomic E-state index is 13.3. The minimum Gasteiger partial charge on any atom is -0.322 e. The summed E-state index contributed by atoms with van der Waals surface area (Å²) in [5, 5.41) is 0. The standard InChI is InChI=1S/C9H8BrF4N/c1-9(2,15)3-5(11)7(13)4(10)8(14)6(3)12/h15H2,1-2H3. The molecule has 15 heavy (non-hydrogen) atoms. The highest BCUT2D eigenvalue weighted by atomic mass is 79.9. The van der Waals surface area contributed by atoms with Crippen molar-refractivity contribution in [1.29, 1.82) is 0 Å². The van der Waals surface area contributed by atoms with E-state index in [1.807, 2.05) is 0 Å². The highest BCUT2D eigenvalue weighted by Gasteiger charge is 2.31. The number of hydrogen-bond acceptors (Lipinski definition) is 1. The van der Waals surface area contributed by atoms with Gasteiger partial charge in [-0.1, -0.05) is 0 Å². The van der Waals surface area contributed by atoms with Crippen molar-refractivity contribution in [3.05, 3.63) is 33.3 Å². The van der Waals surface area contributed by atoms with E-state index < -0.39 is 38.8 Å². The minimum absolute atomic E-state index is 0.805. The Morgan fingerprint density at radius 3 is 1.53 bits per heavy atom. The van der Waals surface area contributed by atoms with Crippen molar-refractivity contribution in [3.63, 3.8) is 0 Å². The van der Waals surface area contributed by atoms with Crippen molar-refractivity contribution < 1.29 is 17.6 Å². The van der Waals surface area contributed by atoms with Gasteiger partial charge in [0.15, 0.2) is 23.3 Å². The molecule has 0 bridgehead atoms. The van der Waals surface area contributed by atoms with Crippen molar-refractivity contribution in [2.45, 2.75) is 19.4 Å². The number of nitrogens with two attached hydrogens (primary N) is 1. The van der Waals surface area contributed by atoms with Crippen LogP contribution in [0, 0.1) is 23.3 Å². The van der Waals surface area contributed by atoms with Gasteiger partial charge in [0.05, 0.1) is 4.47 Å². The van der Waals surface area contributed by atoms with E-state index in [1.54, 1.807) is 0 Å². The molecule has 2 N–H and O–H groups in total. The molecule has 0 aliphatic heterocycles. The van der Waals surface area contributed by atoms with Gasteiger partial charge in [-0.15, -0.1) is 0 Å². The summed E-state index contributed by atoms with van der Waals surface area (Å²) in [4.78, 5) is 0. The van der Waals surface area contributed by atoms with Crippen molar-refractivity contribution in [2.24, 2.45) is 5.73 Å². The first kappa shape index (κ1) is 12.4. The third-order valence-corrected chi connectivity index (χ3v) is 2.55. The predicted octanol–water partition coefficient (Wildman–Crippen LogP) is 3.20. The Kier molecular flexibility index (Phi) is 3.11. The summed E-state index contributed by atoms with van der Waals surface area (Å²) in [5.74, 6) is -5.92. The molecule has 1 aromatic rings. The smallest absolute Gasteiger partial charge is 0.176 e. The first-order valence-corrected chi connectivity index (χ1v) is 4.78. The Labute approximate surface area is 92.4 Å². The normalized spacial score (nSPS) is 12.0. The van der Waals surface area contributed by atoms with Crippen LogP contribution in [0.1, 0.15) is 19.4 Å². The van der Waals surface area contributed by atoms with Crippen molar-refractivity contribution in [2.75, 3.05) is 0 Å². The molecule has 0 heterocycles. The first-order chi connectivity index (χ1) is 6.68. The summed E-state index contributed by atoms with van der Waals surface area (Å²) in [6.45, 7) is 2.50. The topological polar surface area (TPSA) is 26.0 Å². The van der Waals surface area contributed by atoms with Crippen LogP contribution in [0.25, 0.3) is 0 Å². The second-order valence-electron chi connectivity index (χ2n) is 3.67. The molecule has 1 aromatic carbocycles. The Hall–Kier alpha value is -0.620. The van der Waals surface area contributed by atoms with Gasteiger partial charge in [-0.05, 0) is 29.8 Å². The average Bonchev–Trinajstić information content (AvgIpc) is 2.09. The largest absolute Gasteiger partial charge is 0.322 e. The predicted molar refractivity (Wildman–Crippen MR) is 51.2 cm³/mol. The fraction of sp³-hybridized carbons (Fsp3) is 0.333. The molecule has 0 radical (unpaired) electrons. The van der Waals surface area contributed by atoms with Gasteiger partial charge in [-0.25, -0.2) is 17.6 Å². The van der Waals surface area contributed by atoms with Crippen LogP contribution in [-0.4, -0.2) is 0 Å². The van der Waals surface area contributed by atoms with Gasteiger partial charge in [0.1, 0.15) is 0 Å².